The monoisotopic (exact) mass is 408 g/mol. The molecule has 160 valence electrons. The lowest BCUT2D eigenvalue weighted by Crippen LogP contribution is -2.43. The molecule has 0 spiro atoms. The van der Waals surface area contributed by atoms with E-state index in [0.717, 1.165) is 66.5 Å². The molecule has 3 N–H and O–H groups in total. The van der Waals surface area contributed by atoms with Crippen LogP contribution in [-0.4, -0.2) is 43.2 Å². The molecule has 0 atom stereocenters. The van der Waals surface area contributed by atoms with Gasteiger partial charge in [0.1, 0.15) is 18.2 Å². The van der Waals surface area contributed by atoms with Gasteiger partial charge in [-0.05, 0) is 75.6 Å². The molecule has 30 heavy (non-hydrogen) atoms. The average Bonchev–Trinajstić information content (AvgIpc) is 3.51. The van der Waals surface area contributed by atoms with Crippen molar-refractivity contribution in [2.45, 2.75) is 57.5 Å². The highest BCUT2D eigenvalue weighted by Gasteiger charge is 2.32. The maximum atomic E-state index is 6.21. The van der Waals surface area contributed by atoms with E-state index in [2.05, 4.69) is 28.9 Å². The fourth-order valence-corrected chi connectivity index (χ4v) is 4.67. The Kier molecular flexibility index (Phi) is 5.19. The summed E-state index contributed by atoms with van der Waals surface area (Å²) in [6.45, 7) is 3.55. The largest absolute Gasteiger partial charge is 0.497 e. The second kappa shape index (κ2) is 7.99. The van der Waals surface area contributed by atoms with Gasteiger partial charge in [0.25, 0.3) is 0 Å². The summed E-state index contributed by atoms with van der Waals surface area (Å²) in [4.78, 5) is 11.1. The highest BCUT2D eigenvalue weighted by Crippen LogP contribution is 2.37. The number of anilines is 1. The van der Waals surface area contributed by atoms with Crippen molar-refractivity contribution in [3.63, 3.8) is 0 Å². The van der Waals surface area contributed by atoms with Gasteiger partial charge in [0.2, 0.25) is 0 Å². The Labute approximate surface area is 178 Å². The normalized spacial score (nSPS) is 23.7. The van der Waals surface area contributed by atoms with E-state index in [9.17, 15) is 0 Å². The van der Waals surface area contributed by atoms with Crippen LogP contribution in [0.5, 0.6) is 11.5 Å². The van der Waals surface area contributed by atoms with Gasteiger partial charge < -0.3 is 25.1 Å². The molecule has 1 aromatic carbocycles. The van der Waals surface area contributed by atoms with Crippen LogP contribution in [0.15, 0.2) is 29.3 Å². The third-order valence-electron chi connectivity index (χ3n) is 6.65. The Hall–Kier alpha value is -2.47. The third-order valence-corrected chi connectivity index (χ3v) is 6.65. The third kappa shape index (κ3) is 3.81. The predicted octanol–water partition coefficient (Wildman–Crippen LogP) is 4.01. The minimum Gasteiger partial charge on any atom is -0.497 e. The predicted molar refractivity (Wildman–Crippen MR) is 120 cm³/mol. The lowest BCUT2D eigenvalue weighted by atomic mass is 9.90. The summed E-state index contributed by atoms with van der Waals surface area (Å²) in [5.74, 6) is 2.40. The molecule has 0 unspecified atom stereocenters. The number of aromatic nitrogens is 1. The van der Waals surface area contributed by atoms with E-state index in [4.69, 9.17) is 20.2 Å². The zero-order valence-corrected chi connectivity index (χ0v) is 18.0. The number of methoxy groups -OCH3 is 1. The molecule has 6 heteroatoms. The average molecular weight is 409 g/mol. The second-order valence-electron chi connectivity index (χ2n) is 9.02. The minimum atomic E-state index is 0.348. The summed E-state index contributed by atoms with van der Waals surface area (Å²) in [7, 11) is 1.70. The summed E-state index contributed by atoms with van der Waals surface area (Å²) in [6, 6.07) is 9.14. The molecule has 5 rings (SSSR count). The number of aromatic amines is 1. The zero-order valence-electron chi connectivity index (χ0n) is 18.0. The number of benzene rings is 1. The van der Waals surface area contributed by atoms with Gasteiger partial charge in [-0.3, -0.25) is 4.99 Å². The Balaban J connectivity index is 1.49. The fraction of sp³-hybridized carbons (Fsp3) is 0.542. The van der Waals surface area contributed by atoms with Crippen LogP contribution in [0, 0.1) is 12.8 Å². The Morgan fingerprint density at radius 1 is 1.13 bits per heavy atom. The molecule has 1 aromatic heterocycles. The molecular formula is C24H32N4O2. The van der Waals surface area contributed by atoms with Crippen molar-refractivity contribution in [2.24, 2.45) is 16.6 Å². The fourth-order valence-electron chi connectivity index (χ4n) is 4.67. The summed E-state index contributed by atoms with van der Waals surface area (Å²) >= 11 is 0. The van der Waals surface area contributed by atoms with Crippen molar-refractivity contribution in [3.8, 4) is 11.5 Å². The highest BCUT2D eigenvalue weighted by molar-refractivity contribution is 6.17. The van der Waals surface area contributed by atoms with Crippen LogP contribution in [0.3, 0.4) is 0 Å². The van der Waals surface area contributed by atoms with Gasteiger partial charge in [0.15, 0.2) is 0 Å². The number of nitrogens with zero attached hydrogens (tertiary/aromatic N) is 2. The van der Waals surface area contributed by atoms with Gasteiger partial charge >= 0.3 is 0 Å². The standard InChI is InChI=1S/C24H32N4O2/c1-15-11-21-24(27-15)23(26-14-28(21)18-7-5-17(25)6-8-18)20-12-19(29-2)9-10-22(20)30-13-16-3-4-16/h9-12,16-18,27H,3-8,13-14,25H2,1-2H3. The number of nitrogens with two attached hydrogens (primary N) is 1. The number of aryl methyl sites for hydroxylation is 1. The number of H-pyrrole nitrogens is 1. The number of ether oxygens (including phenoxy) is 2. The van der Waals surface area contributed by atoms with Gasteiger partial charge in [-0.2, -0.15) is 0 Å². The quantitative estimate of drug-likeness (QED) is 0.757. The van der Waals surface area contributed by atoms with E-state index in [1.165, 1.54) is 18.5 Å². The van der Waals surface area contributed by atoms with Crippen LogP contribution in [-0.2, 0) is 0 Å². The first kappa shape index (κ1) is 19.5. The molecule has 2 saturated carbocycles. The molecule has 2 fully saturated rings. The Bertz CT molecular complexity index is 939. The first-order chi connectivity index (χ1) is 14.6. The first-order valence-corrected chi connectivity index (χ1v) is 11.2. The van der Waals surface area contributed by atoms with Gasteiger partial charge in [-0.25, -0.2) is 0 Å². The molecule has 2 aromatic rings. The van der Waals surface area contributed by atoms with Gasteiger partial charge in [0.05, 0.1) is 30.8 Å². The topological polar surface area (TPSA) is 75.9 Å². The lowest BCUT2D eigenvalue weighted by molar-refractivity contribution is 0.298. The number of rotatable bonds is 6. The first-order valence-electron chi connectivity index (χ1n) is 11.2. The zero-order chi connectivity index (χ0) is 20.7. The van der Waals surface area contributed by atoms with Crippen molar-refractivity contribution in [1.29, 1.82) is 0 Å². The van der Waals surface area contributed by atoms with Crippen LogP contribution in [0.25, 0.3) is 0 Å². The van der Waals surface area contributed by atoms with Crippen molar-refractivity contribution >= 4 is 11.4 Å². The van der Waals surface area contributed by atoms with Crippen molar-refractivity contribution in [3.05, 3.63) is 41.2 Å². The Morgan fingerprint density at radius 3 is 2.67 bits per heavy atom. The van der Waals surface area contributed by atoms with Crippen LogP contribution in [0.4, 0.5) is 5.69 Å². The van der Waals surface area contributed by atoms with E-state index < -0.39 is 0 Å². The van der Waals surface area contributed by atoms with Crippen molar-refractivity contribution in [2.75, 3.05) is 25.3 Å². The number of hydrogen-bond donors (Lipinski definition) is 2. The molecular weight excluding hydrogens is 376 g/mol. The van der Waals surface area contributed by atoms with E-state index >= 15 is 0 Å². The van der Waals surface area contributed by atoms with E-state index in [0.29, 0.717) is 24.7 Å². The van der Waals surface area contributed by atoms with E-state index in [-0.39, 0.29) is 0 Å². The number of nitrogens with one attached hydrogen (secondary N) is 1. The molecule has 0 saturated heterocycles. The molecule has 0 bridgehead atoms. The summed E-state index contributed by atoms with van der Waals surface area (Å²) in [5.41, 5.74) is 11.6. The molecule has 3 aliphatic rings. The van der Waals surface area contributed by atoms with Gasteiger partial charge in [-0.15, -0.1) is 0 Å². The molecule has 0 amide bonds. The summed E-state index contributed by atoms with van der Waals surface area (Å²) in [5, 5.41) is 0. The van der Waals surface area contributed by atoms with Gasteiger partial charge in [-0.1, -0.05) is 0 Å². The lowest BCUT2D eigenvalue weighted by Gasteiger charge is -2.38. The number of aliphatic imine (C=N–C) groups is 1. The number of fused-ring (bicyclic) bond motifs is 1. The molecule has 1 aliphatic heterocycles. The summed E-state index contributed by atoms with van der Waals surface area (Å²) in [6.07, 6.45) is 6.98. The molecule has 6 nitrogen and oxygen atoms in total. The van der Waals surface area contributed by atoms with Crippen LogP contribution in [0.2, 0.25) is 0 Å². The van der Waals surface area contributed by atoms with Crippen LogP contribution < -0.4 is 20.1 Å². The molecule has 0 radical (unpaired) electrons. The van der Waals surface area contributed by atoms with Crippen molar-refractivity contribution in [1.82, 2.24) is 4.98 Å². The Morgan fingerprint density at radius 2 is 1.93 bits per heavy atom. The smallest absolute Gasteiger partial charge is 0.129 e. The molecule has 2 aliphatic carbocycles. The highest BCUT2D eigenvalue weighted by atomic mass is 16.5. The summed E-state index contributed by atoms with van der Waals surface area (Å²) < 4.78 is 11.7. The van der Waals surface area contributed by atoms with Crippen molar-refractivity contribution < 1.29 is 9.47 Å². The SMILES string of the molecule is COc1ccc(OCC2CC2)c(C2=NCN(C3CCC(N)CC3)c3cc(C)[nH]c32)c1. The van der Waals surface area contributed by atoms with E-state index in [1.54, 1.807) is 7.11 Å². The van der Waals surface area contributed by atoms with Gasteiger partial charge in [0, 0.05) is 23.3 Å². The van der Waals surface area contributed by atoms with Crippen LogP contribution in [0.1, 0.15) is 55.5 Å². The minimum absolute atomic E-state index is 0.348. The van der Waals surface area contributed by atoms with Crippen LogP contribution >= 0.6 is 0 Å². The number of hydrogen-bond acceptors (Lipinski definition) is 5. The second-order valence-corrected chi connectivity index (χ2v) is 9.02. The molecule has 2 heterocycles. The maximum absolute atomic E-state index is 6.21. The van der Waals surface area contributed by atoms with E-state index in [1.807, 2.05) is 12.1 Å². The maximum Gasteiger partial charge on any atom is 0.129 e.